The number of hydrogen-bond acceptors (Lipinski definition) is 2. The summed E-state index contributed by atoms with van der Waals surface area (Å²) in [5.74, 6) is -0.361. The fraction of sp³-hybridized carbons (Fsp3) is 0.125. The van der Waals surface area contributed by atoms with E-state index in [1.807, 2.05) is 18.2 Å². The van der Waals surface area contributed by atoms with E-state index in [2.05, 4.69) is 9.98 Å². The summed E-state index contributed by atoms with van der Waals surface area (Å²) in [4.78, 5) is 18.6. The summed E-state index contributed by atoms with van der Waals surface area (Å²) in [5.41, 5.74) is 0.785. The normalized spacial score (nSPS) is 26.7. The molecule has 0 aromatic heterocycles. The molecule has 0 N–H and O–H groups in total. The monoisotopic (exact) mass is 146 g/mol. The maximum Gasteiger partial charge on any atom is 0.260 e. The first-order valence-corrected chi connectivity index (χ1v) is 3.37. The van der Waals surface area contributed by atoms with E-state index in [0.717, 1.165) is 5.71 Å². The van der Waals surface area contributed by atoms with E-state index in [9.17, 15) is 4.79 Å². The van der Waals surface area contributed by atoms with E-state index in [1.54, 1.807) is 6.08 Å². The van der Waals surface area contributed by atoms with E-state index in [0.29, 0.717) is 0 Å². The van der Waals surface area contributed by atoms with E-state index in [-0.39, 0.29) is 11.8 Å². The number of allylic oxidation sites excluding steroid dienone is 3. The third-order valence-electron chi connectivity index (χ3n) is 1.66. The SMILES string of the molecule is O=C1N=CN=C2C=CC=CC12. The minimum Gasteiger partial charge on any atom is -0.271 e. The van der Waals surface area contributed by atoms with Crippen LogP contribution in [0.15, 0.2) is 34.3 Å². The molecule has 2 aliphatic rings. The molecule has 11 heavy (non-hydrogen) atoms. The van der Waals surface area contributed by atoms with Crippen molar-refractivity contribution in [1.82, 2.24) is 0 Å². The van der Waals surface area contributed by atoms with Gasteiger partial charge < -0.3 is 0 Å². The summed E-state index contributed by atoms with van der Waals surface area (Å²) in [5, 5.41) is 0. The summed E-state index contributed by atoms with van der Waals surface area (Å²) in [6, 6.07) is 0. The van der Waals surface area contributed by atoms with Gasteiger partial charge in [-0.05, 0) is 6.08 Å². The molecule has 1 heterocycles. The van der Waals surface area contributed by atoms with Crippen LogP contribution in [0.3, 0.4) is 0 Å². The van der Waals surface area contributed by atoms with Crippen molar-refractivity contribution in [2.45, 2.75) is 0 Å². The Morgan fingerprint density at radius 2 is 2.27 bits per heavy atom. The van der Waals surface area contributed by atoms with E-state index in [1.165, 1.54) is 6.34 Å². The Morgan fingerprint density at radius 1 is 1.36 bits per heavy atom. The number of carbonyl (C=O) groups is 1. The van der Waals surface area contributed by atoms with Gasteiger partial charge in [0.25, 0.3) is 5.91 Å². The number of nitrogens with zero attached hydrogens (tertiary/aromatic N) is 2. The Labute approximate surface area is 63.9 Å². The van der Waals surface area contributed by atoms with Gasteiger partial charge >= 0.3 is 0 Å². The molecule has 54 valence electrons. The molecule has 2 rings (SSSR count). The van der Waals surface area contributed by atoms with E-state index < -0.39 is 0 Å². The molecule has 3 nitrogen and oxygen atoms in total. The number of aliphatic imine (C=N–C) groups is 2. The summed E-state index contributed by atoms with van der Waals surface area (Å²) in [6.45, 7) is 0. The van der Waals surface area contributed by atoms with Gasteiger partial charge in [0.15, 0.2) is 0 Å². The lowest BCUT2D eigenvalue weighted by Crippen LogP contribution is -2.23. The number of fused-ring (bicyclic) bond motifs is 1. The average molecular weight is 146 g/mol. The summed E-state index contributed by atoms with van der Waals surface area (Å²) >= 11 is 0. The lowest BCUT2D eigenvalue weighted by atomic mass is 9.97. The Hall–Kier alpha value is -1.51. The number of amides is 1. The van der Waals surface area contributed by atoms with Crippen LogP contribution >= 0.6 is 0 Å². The highest BCUT2D eigenvalue weighted by Gasteiger charge is 2.22. The Balaban J connectivity index is 2.43. The first-order valence-electron chi connectivity index (χ1n) is 3.37. The van der Waals surface area contributed by atoms with Crippen molar-refractivity contribution in [2.75, 3.05) is 0 Å². The van der Waals surface area contributed by atoms with Gasteiger partial charge in [-0.1, -0.05) is 18.2 Å². The first kappa shape index (κ1) is 6.22. The van der Waals surface area contributed by atoms with Gasteiger partial charge in [0, 0.05) is 0 Å². The van der Waals surface area contributed by atoms with Crippen LogP contribution in [0.1, 0.15) is 0 Å². The number of rotatable bonds is 0. The molecular weight excluding hydrogens is 140 g/mol. The highest BCUT2D eigenvalue weighted by Crippen LogP contribution is 2.13. The highest BCUT2D eigenvalue weighted by molar-refractivity contribution is 6.18. The molecule has 1 aliphatic heterocycles. The van der Waals surface area contributed by atoms with Crippen molar-refractivity contribution in [2.24, 2.45) is 15.9 Å². The summed E-state index contributed by atoms with van der Waals surface area (Å²) in [7, 11) is 0. The van der Waals surface area contributed by atoms with Gasteiger partial charge in [0.2, 0.25) is 0 Å². The lowest BCUT2D eigenvalue weighted by molar-refractivity contribution is -0.118. The van der Waals surface area contributed by atoms with Crippen LogP contribution in [0, 0.1) is 5.92 Å². The van der Waals surface area contributed by atoms with Gasteiger partial charge in [-0.25, -0.2) is 9.98 Å². The van der Waals surface area contributed by atoms with Crippen LogP contribution in [-0.4, -0.2) is 18.0 Å². The van der Waals surface area contributed by atoms with Gasteiger partial charge in [-0.3, -0.25) is 4.79 Å². The zero-order chi connectivity index (χ0) is 7.68. The molecule has 0 saturated carbocycles. The summed E-state index contributed by atoms with van der Waals surface area (Å²) < 4.78 is 0. The minimum atomic E-state index is -0.231. The van der Waals surface area contributed by atoms with Gasteiger partial charge in [0.1, 0.15) is 12.3 Å². The fourth-order valence-corrected chi connectivity index (χ4v) is 1.10. The Morgan fingerprint density at radius 3 is 3.09 bits per heavy atom. The van der Waals surface area contributed by atoms with Crippen molar-refractivity contribution >= 4 is 18.0 Å². The number of carbonyl (C=O) groups excluding carboxylic acids is 1. The molecular formula is C8H6N2O. The van der Waals surface area contributed by atoms with Crippen molar-refractivity contribution in [1.29, 1.82) is 0 Å². The molecule has 0 aromatic rings. The second-order valence-corrected chi connectivity index (χ2v) is 2.36. The Kier molecular flexibility index (Phi) is 1.28. The highest BCUT2D eigenvalue weighted by atomic mass is 16.1. The van der Waals surface area contributed by atoms with Crippen LogP contribution in [0.5, 0.6) is 0 Å². The van der Waals surface area contributed by atoms with E-state index in [4.69, 9.17) is 0 Å². The first-order chi connectivity index (χ1) is 5.38. The molecule has 0 fully saturated rings. The summed E-state index contributed by atoms with van der Waals surface area (Å²) in [6.07, 6.45) is 8.63. The van der Waals surface area contributed by atoms with Gasteiger partial charge in [0.05, 0.1) is 5.71 Å². The lowest BCUT2D eigenvalue weighted by Gasteiger charge is -2.13. The molecule has 1 amide bonds. The molecule has 0 radical (unpaired) electrons. The van der Waals surface area contributed by atoms with Gasteiger partial charge in [-0.15, -0.1) is 0 Å². The molecule has 0 aromatic carbocycles. The van der Waals surface area contributed by atoms with Crippen molar-refractivity contribution in [3.8, 4) is 0 Å². The van der Waals surface area contributed by atoms with E-state index >= 15 is 0 Å². The van der Waals surface area contributed by atoms with Crippen molar-refractivity contribution < 1.29 is 4.79 Å². The number of hydrogen-bond donors (Lipinski definition) is 0. The smallest absolute Gasteiger partial charge is 0.260 e. The molecule has 1 unspecified atom stereocenters. The van der Waals surface area contributed by atoms with Crippen LogP contribution in [0.4, 0.5) is 0 Å². The Bertz CT molecular complexity index is 310. The molecule has 0 spiro atoms. The van der Waals surface area contributed by atoms with Crippen LogP contribution in [0.2, 0.25) is 0 Å². The topological polar surface area (TPSA) is 41.8 Å². The molecule has 3 heteroatoms. The van der Waals surface area contributed by atoms with Crippen LogP contribution < -0.4 is 0 Å². The van der Waals surface area contributed by atoms with Crippen LogP contribution in [-0.2, 0) is 4.79 Å². The zero-order valence-electron chi connectivity index (χ0n) is 5.77. The van der Waals surface area contributed by atoms with Crippen molar-refractivity contribution in [3.05, 3.63) is 24.3 Å². The predicted octanol–water partition coefficient (Wildman–Crippen LogP) is 0.738. The maximum atomic E-state index is 11.1. The van der Waals surface area contributed by atoms with Gasteiger partial charge in [-0.2, -0.15) is 0 Å². The molecule has 1 aliphatic carbocycles. The largest absolute Gasteiger partial charge is 0.271 e. The van der Waals surface area contributed by atoms with Crippen LogP contribution in [0.25, 0.3) is 0 Å². The predicted molar refractivity (Wildman–Crippen MR) is 42.7 cm³/mol. The second kappa shape index (κ2) is 2.27. The second-order valence-electron chi connectivity index (χ2n) is 2.36. The average Bonchev–Trinajstić information content (AvgIpc) is 2.06. The fourth-order valence-electron chi connectivity index (χ4n) is 1.10. The minimum absolute atomic E-state index is 0.129. The molecule has 1 atom stereocenters. The molecule has 0 saturated heterocycles. The quantitative estimate of drug-likeness (QED) is 0.497. The third-order valence-corrected chi connectivity index (χ3v) is 1.66. The zero-order valence-corrected chi connectivity index (χ0v) is 5.77. The standard InChI is InChI=1S/C8H6N2O/c11-8-6-3-1-2-4-7(6)9-5-10-8/h1-6H. The molecule has 0 bridgehead atoms. The maximum absolute atomic E-state index is 11.1. The van der Waals surface area contributed by atoms with Crippen molar-refractivity contribution in [3.63, 3.8) is 0 Å². The third kappa shape index (κ3) is 0.941.